The van der Waals surface area contributed by atoms with Gasteiger partial charge in [-0.25, -0.2) is 8.78 Å². The van der Waals surface area contributed by atoms with Crippen molar-refractivity contribution < 1.29 is 26.7 Å². The molecule has 0 saturated heterocycles. The first-order valence-corrected chi connectivity index (χ1v) is 11.8. The summed E-state index contributed by atoms with van der Waals surface area (Å²) in [4.78, 5) is 0. The molecule has 1 nitrogen and oxygen atoms in total. The van der Waals surface area contributed by atoms with E-state index in [4.69, 9.17) is 0 Å². The third-order valence-electron chi connectivity index (χ3n) is 6.11. The van der Waals surface area contributed by atoms with Crippen LogP contribution in [0.2, 0.25) is 0 Å². The molecule has 0 saturated carbocycles. The van der Waals surface area contributed by atoms with Crippen molar-refractivity contribution in [1.82, 2.24) is 0 Å². The highest BCUT2D eigenvalue weighted by atomic mass is 19.4. The molecule has 0 spiro atoms. The van der Waals surface area contributed by atoms with E-state index >= 15 is 0 Å². The van der Waals surface area contributed by atoms with Gasteiger partial charge in [-0.3, -0.25) is 0 Å². The molecule has 3 aromatic rings. The van der Waals surface area contributed by atoms with Gasteiger partial charge >= 0.3 is 6.36 Å². The first-order chi connectivity index (χ1) is 16.7. The summed E-state index contributed by atoms with van der Waals surface area (Å²) in [7, 11) is 0. The number of alkyl halides is 3. The van der Waals surface area contributed by atoms with Gasteiger partial charge in [0.25, 0.3) is 0 Å². The number of unbranched alkanes of at least 4 members (excludes halogenated alkanes) is 3. The Labute approximate surface area is 201 Å². The zero-order chi connectivity index (χ0) is 25.0. The van der Waals surface area contributed by atoms with Crippen LogP contribution in [-0.4, -0.2) is 6.36 Å². The second-order valence-corrected chi connectivity index (χ2v) is 8.74. The molecular formula is C29H25F5O. The number of aryl methyl sites for hydroxylation is 3. The SMILES string of the molecule is CCCCCCc1ccc2c(c1)CCc1cc(C#Cc3cc(F)c(OC(F)(F)F)c(F)c3)ccc1-2. The Kier molecular flexibility index (Phi) is 7.45. The predicted octanol–water partition coefficient (Wildman–Crippen LogP) is 8.15. The molecular weight excluding hydrogens is 459 g/mol. The van der Waals surface area contributed by atoms with Crippen LogP contribution in [0.25, 0.3) is 11.1 Å². The van der Waals surface area contributed by atoms with Gasteiger partial charge in [-0.15, -0.1) is 13.2 Å². The first-order valence-electron chi connectivity index (χ1n) is 11.8. The predicted molar refractivity (Wildman–Crippen MR) is 126 cm³/mol. The molecule has 0 aromatic heterocycles. The molecule has 1 aliphatic carbocycles. The fraction of sp³-hybridized carbons (Fsp3) is 0.310. The number of halogens is 5. The summed E-state index contributed by atoms with van der Waals surface area (Å²) in [5.74, 6) is 1.08. The van der Waals surface area contributed by atoms with Crippen LogP contribution in [0.15, 0.2) is 48.5 Å². The molecule has 0 fully saturated rings. The smallest absolute Gasteiger partial charge is 0.399 e. The Morgan fingerprint density at radius 1 is 0.771 bits per heavy atom. The Morgan fingerprint density at radius 3 is 2.06 bits per heavy atom. The second kappa shape index (κ2) is 10.5. The first kappa shape index (κ1) is 24.8. The van der Waals surface area contributed by atoms with E-state index in [0.717, 1.165) is 42.5 Å². The minimum absolute atomic E-state index is 0.0796. The van der Waals surface area contributed by atoms with Crippen molar-refractivity contribution in [3.8, 4) is 28.7 Å². The van der Waals surface area contributed by atoms with E-state index in [1.807, 2.05) is 18.2 Å². The molecule has 0 N–H and O–H groups in total. The number of hydrogen-bond acceptors (Lipinski definition) is 1. The fourth-order valence-electron chi connectivity index (χ4n) is 4.43. The molecule has 35 heavy (non-hydrogen) atoms. The van der Waals surface area contributed by atoms with E-state index in [1.165, 1.54) is 42.4 Å². The topological polar surface area (TPSA) is 9.23 Å². The lowest BCUT2D eigenvalue weighted by Gasteiger charge is -2.21. The molecule has 0 heterocycles. The molecule has 182 valence electrons. The maximum Gasteiger partial charge on any atom is 0.573 e. The highest BCUT2D eigenvalue weighted by Gasteiger charge is 2.34. The van der Waals surface area contributed by atoms with Crippen LogP contribution in [0.3, 0.4) is 0 Å². The molecule has 0 bridgehead atoms. The molecule has 6 heteroatoms. The maximum atomic E-state index is 13.9. The van der Waals surface area contributed by atoms with Crippen molar-refractivity contribution in [1.29, 1.82) is 0 Å². The average molecular weight is 485 g/mol. The second-order valence-electron chi connectivity index (χ2n) is 8.74. The van der Waals surface area contributed by atoms with Gasteiger partial charge in [-0.1, -0.05) is 62.3 Å². The van der Waals surface area contributed by atoms with Gasteiger partial charge in [0.05, 0.1) is 0 Å². The maximum absolute atomic E-state index is 13.9. The summed E-state index contributed by atoms with van der Waals surface area (Å²) in [5.41, 5.74) is 6.81. The molecule has 3 aromatic carbocycles. The van der Waals surface area contributed by atoms with Crippen molar-refractivity contribution in [2.75, 3.05) is 0 Å². The van der Waals surface area contributed by atoms with Crippen LogP contribution in [0.4, 0.5) is 22.0 Å². The standard InChI is InChI=1S/C29H25F5O/c1-2-3-4-5-6-19-9-13-24-22(15-19)11-12-23-16-20(10-14-25(23)24)7-8-21-17-26(30)28(27(31)18-21)35-29(32,33)34/h9-10,13-18H,2-6,11-12H2,1H3. The normalized spacial score (nSPS) is 12.4. The van der Waals surface area contributed by atoms with Crippen LogP contribution in [0, 0.1) is 23.5 Å². The van der Waals surface area contributed by atoms with E-state index in [2.05, 4.69) is 41.7 Å². The summed E-state index contributed by atoms with van der Waals surface area (Å²) in [6.45, 7) is 2.21. The Bertz CT molecular complexity index is 1260. The zero-order valence-electron chi connectivity index (χ0n) is 19.4. The fourth-order valence-corrected chi connectivity index (χ4v) is 4.43. The number of hydrogen-bond donors (Lipinski definition) is 0. The number of rotatable bonds is 6. The van der Waals surface area contributed by atoms with Gasteiger partial charge in [0.1, 0.15) is 0 Å². The van der Waals surface area contributed by atoms with Crippen LogP contribution in [-0.2, 0) is 19.3 Å². The third-order valence-corrected chi connectivity index (χ3v) is 6.11. The molecule has 0 amide bonds. The van der Waals surface area contributed by atoms with Crippen molar-refractivity contribution in [2.45, 2.75) is 58.2 Å². The van der Waals surface area contributed by atoms with Gasteiger partial charge in [-0.05, 0) is 77.8 Å². The molecule has 0 aliphatic heterocycles. The van der Waals surface area contributed by atoms with Gasteiger partial charge in [0, 0.05) is 11.1 Å². The van der Waals surface area contributed by atoms with Crippen molar-refractivity contribution in [3.05, 3.63) is 88.0 Å². The summed E-state index contributed by atoms with van der Waals surface area (Å²) in [6, 6.07) is 13.9. The van der Waals surface area contributed by atoms with Crippen molar-refractivity contribution in [3.63, 3.8) is 0 Å². The Balaban J connectivity index is 1.52. The van der Waals surface area contributed by atoms with Gasteiger partial charge in [0.2, 0.25) is 5.75 Å². The summed E-state index contributed by atoms with van der Waals surface area (Å²) in [6.07, 6.45) is 2.66. The monoisotopic (exact) mass is 484 g/mol. The molecule has 0 radical (unpaired) electrons. The van der Waals surface area contributed by atoms with E-state index in [1.54, 1.807) is 0 Å². The third kappa shape index (κ3) is 6.22. The molecule has 0 atom stereocenters. The summed E-state index contributed by atoms with van der Waals surface area (Å²) < 4.78 is 68.2. The van der Waals surface area contributed by atoms with Gasteiger partial charge < -0.3 is 4.74 Å². The number of ether oxygens (including phenoxy) is 1. The largest absolute Gasteiger partial charge is 0.573 e. The molecule has 4 rings (SSSR count). The van der Waals surface area contributed by atoms with Crippen molar-refractivity contribution >= 4 is 0 Å². The van der Waals surface area contributed by atoms with Crippen LogP contribution in [0.1, 0.15) is 60.4 Å². The van der Waals surface area contributed by atoms with E-state index in [9.17, 15) is 22.0 Å². The lowest BCUT2D eigenvalue weighted by atomic mass is 9.83. The number of fused-ring (bicyclic) bond motifs is 3. The Hall–Kier alpha value is -3.33. The minimum atomic E-state index is -5.19. The highest BCUT2D eigenvalue weighted by Crippen LogP contribution is 2.35. The van der Waals surface area contributed by atoms with Gasteiger partial charge in [-0.2, -0.15) is 0 Å². The molecule has 0 unspecified atom stereocenters. The van der Waals surface area contributed by atoms with Gasteiger partial charge in [0.15, 0.2) is 11.6 Å². The van der Waals surface area contributed by atoms with Crippen LogP contribution in [0.5, 0.6) is 5.75 Å². The molecule has 1 aliphatic rings. The van der Waals surface area contributed by atoms with E-state index < -0.39 is 23.7 Å². The van der Waals surface area contributed by atoms with Crippen LogP contribution < -0.4 is 4.74 Å². The highest BCUT2D eigenvalue weighted by molar-refractivity contribution is 5.74. The summed E-state index contributed by atoms with van der Waals surface area (Å²) >= 11 is 0. The quantitative estimate of drug-likeness (QED) is 0.195. The van der Waals surface area contributed by atoms with Crippen LogP contribution >= 0.6 is 0 Å². The zero-order valence-corrected chi connectivity index (χ0v) is 19.4. The lowest BCUT2D eigenvalue weighted by molar-refractivity contribution is -0.276. The van der Waals surface area contributed by atoms with E-state index in [0.29, 0.717) is 5.56 Å². The van der Waals surface area contributed by atoms with Crippen molar-refractivity contribution in [2.24, 2.45) is 0 Å². The lowest BCUT2D eigenvalue weighted by Crippen LogP contribution is -2.19. The summed E-state index contributed by atoms with van der Waals surface area (Å²) in [5, 5.41) is 0. The minimum Gasteiger partial charge on any atom is -0.399 e. The Morgan fingerprint density at radius 2 is 1.40 bits per heavy atom. The average Bonchev–Trinajstić information content (AvgIpc) is 2.82. The number of benzene rings is 3. The van der Waals surface area contributed by atoms with E-state index in [-0.39, 0.29) is 5.56 Å².